The van der Waals surface area contributed by atoms with Crippen molar-refractivity contribution in [3.05, 3.63) is 53.6 Å². The van der Waals surface area contributed by atoms with Crippen LogP contribution in [-0.2, 0) is 11.8 Å². The van der Waals surface area contributed by atoms with Gasteiger partial charge in [0.25, 0.3) is 0 Å². The van der Waals surface area contributed by atoms with Crippen molar-refractivity contribution in [2.45, 2.75) is 4.90 Å². The Bertz CT molecular complexity index is 740. The van der Waals surface area contributed by atoms with Gasteiger partial charge in [-0.05, 0) is 30.4 Å². The molecule has 22 heavy (non-hydrogen) atoms. The fourth-order valence-electron chi connectivity index (χ4n) is 1.72. The number of rotatable bonds is 6. The highest BCUT2D eigenvalue weighted by molar-refractivity contribution is 8.00. The van der Waals surface area contributed by atoms with Gasteiger partial charge < -0.3 is 5.11 Å². The number of carbonyl (C=O) groups is 2. The number of nitrogens with zero attached hydrogens (tertiary/aromatic N) is 2. The molecule has 0 fully saturated rings. The van der Waals surface area contributed by atoms with Gasteiger partial charge in [0, 0.05) is 23.7 Å². The molecule has 0 aliphatic rings. The summed E-state index contributed by atoms with van der Waals surface area (Å²) in [5, 5.41) is 12.5. The summed E-state index contributed by atoms with van der Waals surface area (Å²) >= 11 is 0.996. The van der Waals surface area contributed by atoms with Crippen LogP contribution in [0.5, 0.6) is 0 Å². The maximum absolute atomic E-state index is 13.9. The van der Waals surface area contributed by atoms with Crippen molar-refractivity contribution in [1.82, 2.24) is 9.78 Å². The van der Waals surface area contributed by atoms with Crippen LogP contribution in [0.2, 0.25) is 0 Å². The van der Waals surface area contributed by atoms with Gasteiger partial charge in [-0.15, -0.1) is 11.8 Å². The number of thioether (sulfide) groups is 1. The molecule has 1 heterocycles. The van der Waals surface area contributed by atoms with E-state index in [9.17, 15) is 14.0 Å². The Morgan fingerprint density at radius 3 is 2.82 bits per heavy atom. The lowest BCUT2D eigenvalue weighted by atomic mass is 10.1. The number of allylic oxidation sites excluding steroid dienone is 1. The van der Waals surface area contributed by atoms with E-state index >= 15 is 0 Å². The second-order valence-electron chi connectivity index (χ2n) is 4.47. The van der Waals surface area contributed by atoms with Crippen molar-refractivity contribution in [2.24, 2.45) is 7.05 Å². The smallest absolute Gasteiger partial charge is 0.313 e. The van der Waals surface area contributed by atoms with E-state index in [1.54, 1.807) is 30.2 Å². The minimum Gasteiger partial charge on any atom is -0.481 e. The second-order valence-corrected chi connectivity index (χ2v) is 5.52. The minimum atomic E-state index is -0.982. The SMILES string of the molecule is Cn1cc(/C=C/C(=O)c2ccc(SCC(=O)O)cc2F)cn1. The van der Waals surface area contributed by atoms with E-state index < -0.39 is 17.6 Å². The largest absolute Gasteiger partial charge is 0.481 e. The van der Waals surface area contributed by atoms with E-state index in [1.807, 2.05) is 0 Å². The highest BCUT2D eigenvalue weighted by Gasteiger charge is 2.10. The van der Waals surface area contributed by atoms with Gasteiger partial charge in [0.1, 0.15) is 5.82 Å². The number of ketones is 1. The minimum absolute atomic E-state index is 0.0557. The number of hydrogen-bond acceptors (Lipinski definition) is 4. The summed E-state index contributed by atoms with van der Waals surface area (Å²) in [7, 11) is 1.76. The maximum atomic E-state index is 13.9. The average molecular weight is 320 g/mol. The molecule has 2 rings (SSSR count). The maximum Gasteiger partial charge on any atom is 0.313 e. The molecule has 7 heteroatoms. The van der Waals surface area contributed by atoms with E-state index in [0.717, 1.165) is 17.3 Å². The van der Waals surface area contributed by atoms with Gasteiger partial charge in [-0.1, -0.05) is 0 Å². The van der Waals surface area contributed by atoms with E-state index in [2.05, 4.69) is 5.10 Å². The second kappa shape index (κ2) is 7.04. The first-order valence-electron chi connectivity index (χ1n) is 6.31. The van der Waals surface area contributed by atoms with Crippen molar-refractivity contribution in [3.63, 3.8) is 0 Å². The predicted molar refractivity (Wildman–Crippen MR) is 81.3 cm³/mol. The lowest BCUT2D eigenvalue weighted by Crippen LogP contribution is -2.00. The zero-order valence-electron chi connectivity index (χ0n) is 11.7. The van der Waals surface area contributed by atoms with Gasteiger partial charge in [-0.3, -0.25) is 14.3 Å². The number of aliphatic carboxylic acids is 1. The standard InChI is InChI=1S/C15H13FN2O3S/c1-18-8-10(7-17-18)2-5-14(19)12-4-3-11(6-13(12)16)22-9-15(20)21/h2-8H,9H2,1H3,(H,20,21)/b5-2+. The van der Waals surface area contributed by atoms with Crippen molar-refractivity contribution in [2.75, 3.05) is 5.75 Å². The average Bonchev–Trinajstić information content (AvgIpc) is 2.88. The van der Waals surface area contributed by atoms with Gasteiger partial charge in [-0.25, -0.2) is 4.39 Å². The molecule has 0 aliphatic carbocycles. The zero-order valence-corrected chi connectivity index (χ0v) is 12.5. The molecule has 1 aromatic heterocycles. The van der Waals surface area contributed by atoms with E-state index in [4.69, 9.17) is 5.11 Å². The number of halogens is 1. The van der Waals surface area contributed by atoms with E-state index in [1.165, 1.54) is 24.3 Å². The number of hydrogen-bond donors (Lipinski definition) is 1. The molecular weight excluding hydrogens is 307 g/mol. The number of aromatic nitrogens is 2. The van der Waals surface area contributed by atoms with Crippen LogP contribution in [0.25, 0.3) is 6.08 Å². The summed E-state index contributed by atoms with van der Waals surface area (Å²) in [4.78, 5) is 22.9. The number of carboxylic acid groups (broad SMARTS) is 1. The quantitative estimate of drug-likeness (QED) is 0.503. The van der Waals surface area contributed by atoms with Crippen LogP contribution >= 0.6 is 11.8 Å². The number of carboxylic acids is 1. The highest BCUT2D eigenvalue weighted by atomic mass is 32.2. The third-order valence-electron chi connectivity index (χ3n) is 2.72. The zero-order chi connectivity index (χ0) is 16.1. The molecule has 0 aliphatic heterocycles. The molecule has 0 atom stereocenters. The summed E-state index contributed by atoms with van der Waals surface area (Å²) in [6.07, 6.45) is 6.15. The summed E-state index contributed by atoms with van der Waals surface area (Å²) in [5.74, 6) is -2.27. The Morgan fingerprint density at radius 2 is 2.23 bits per heavy atom. The van der Waals surface area contributed by atoms with E-state index in [0.29, 0.717) is 4.90 Å². The highest BCUT2D eigenvalue weighted by Crippen LogP contribution is 2.21. The topological polar surface area (TPSA) is 72.2 Å². The molecule has 1 N–H and O–H groups in total. The summed E-state index contributed by atoms with van der Waals surface area (Å²) in [6.45, 7) is 0. The first kappa shape index (κ1) is 16.0. The summed E-state index contributed by atoms with van der Waals surface area (Å²) < 4.78 is 15.5. The molecule has 2 aromatic rings. The lowest BCUT2D eigenvalue weighted by Gasteiger charge is -2.02. The number of carbonyl (C=O) groups excluding carboxylic acids is 1. The summed E-state index contributed by atoms with van der Waals surface area (Å²) in [6, 6.07) is 4.05. The first-order chi connectivity index (χ1) is 10.5. The van der Waals surface area contributed by atoms with Crippen molar-refractivity contribution >= 4 is 29.6 Å². The lowest BCUT2D eigenvalue weighted by molar-refractivity contribution is -0.133. The molecule has 114 valence electrons. The van der Waals surface area contributed by atoms with Crippen molar-refractivity contribution < 1.29 is 19.1 Å². The Hall–Kier alpha value is -2.41. The van der Waals surface area contributed by atoms with Gasteiger partial charge in [-0.2, -0.15) is 5.10 Å². The third-order valence-corrected chi connectivity index (χ3v) is 3.70. The molecule has 1 aromatic carbocycles. The number of benzene rings is 1. The predicted octanol–water partition coefficient (Wildman–Crippen LogP) is 2.63. The van der Waals surface area contributed by atoms with Gasteiger partial charge in [0.15, 0.2) is 5.78 Å². The van der Waals surface area contributed by atoms with Crippen LogP contribution in [-0.4, -0.2) is 32.4 Å². The first-order valence-corrected chi connectivity index (χ1v) is 7.29. The van der Waals surface area contributed by atoms with Crippen LogP contribution in [0.1, 0.15) is 15.9 Å². The monoisotopic (exact) mass is 320 g/mol. The van der Waals surface area contributed by atoms with E-state index in [-0.39, 0.29) is 11.3 Å². The van der Waals surface area contributed by atoms with Gasteiger partial charge in [0.2, 0.25) is 0 Å². The van der Waals surface area contributed by atoms with Crippen molar-refractivity contribution in [3.8, 4) is 0 Å². The Balaban J connectivity index is 2.09. The number of aryl methyl sites for hydroxylation is 1. The third kappa shape index (κ3) is 4.29. The Kier molecular flexibility index (Phi) is 5.11. The van der Waals surface area contributed by atoms with Crippen LogP contribution < -0.4 is 0 Å². The molecular formula is C15H13FN2O3S. The normalized spacial score (nSPS) is 11.0. The fraction of sp³-hybridized carbons (Fsp3) is 0.133. The molecule has 0 unspecified atom stereocenters. The van der Waals surface area contributed by atoms with Crippen LogP contribution in [0.4, 0.5) is 4.39 Å². The molecule has 0 saturated heterocycles. The molecule has 0 spiro atoms. The Labute approximate surface area is 130 Å². The fourth-order valence-corrected chi connectivity index (χ4v) is 2.36. The molecule has 0 bridgehead atoms. The van der Waals surface area contributed by atoms with Crippen LogP contribution in [0.3, 0.4) is 0 Å². The van der Waals surface area contributed by atoms with Gasteiger partial charge in [0.05, 0.1) is 17.5 Å². The Morgan fingerprint density at radius 1 is 1.45 bits per heavy atom. The molecule has 0 saturated carbocycles. The molecule has 5 nitrogen and oxygen atoms in total. The van der Waals surface area contributed by atoms with Crippen molar-refractivity contribution in [1.29, 1.82) is 0 Å². The van der Waals surface area contributed by atoms with Crippen LogP contribution in [0, 0.1) is 5.82 Å². The summed E-state index contributed by atoms with van der Waals surface area (Å²) in [5.41, 5.74) is 0.685. The molecule has 0 radical (unpaired) electrons. The van der Waals surface area contributed by atoms with Crippen LogP contribution in [0.15, 0.2) is 41.6 Å². The molecule has 0 amide bonds. The van der Waals surface area contributed by atoms with Gasteiger partial charge >= 0.3 is 5.97 Å².